The van der Waals surface area contributed by atoms with E-state index in [9.17, 15) is 4.79 Å². The molecule has 1 aromatic heterocycles. The largest absolute Gasteiger partial charge is 0.399 e. The highest BCUT2D eigenvalue weighted by molar-refractivity contribution is 6.07. The molecule has 2 unspecified atom stereocenters. The Kier molecular flexibility index (Phi) is 3.59. The molecule has 3 rings (SSSR count). The van der Waals surface area contributed by atoms with Crippen molar-refractivity contribution in [3.8, 4) is 0 Å². The van der Waals surface area contributed by atoms with Gasteiger partial charge in [0.1, 0.15) is 0 Å². The maximum absolute atomic E-state index is 12.5. The molecule has 1 saturated heterocycles. The topological polar surface area (TPSA) is 74.1 Å². The fourth-order valence-corrected chi connectivity index (χ4v) is 3.02. The van der Waals surface area contributed by atoms with Crippen molar-refractivity contribution in [3.63, 3.8) is 0 Å². The number of H-pyrrole nitrogens is 1. The molecule has 2 aromatic rings. The van der Waals surface area contributed by atoms with Gasteiger partial charge in [0.25, 0.3) is 5.91 Å². The second-order valence-electron chi connectivity index (χ2n) is 6.03. The molecule has 5 nitrogen and oxygen atoms in total. The van der Waals surface area contributed by atoms with Gasteiger partial charge in [-0.15, -0.1) is 0 Å². The lowest BCUT2D eigenvalue weighted by Gasteiger charge is -2.35. The standard InChI is InChI=1S/C16H22N4O/c1-10-7-12(5-6-20(10)2)19-16(21)14-9-18-15-8-11(17)3-4-13(14)15/h3-4,8-10,12,18H,5-7,17H2,1-2H3,(H,19,21). The van der Waals surface area contributed by atoms with E-state index in [1.165, 1.54) is 0 Å². The summed E-state index contributed by atoms with van der Waals surface area (Å²) in [4.78, 5) is 17.9. The number of carbonyl (C=O) groups is 1. The molecule has 0 radical (unpaired) electrons. The van der Waals surface area contributed by atoms with Crippen molar-refractivity contribution in [1.82, 2.24) is 15.2 Å². The third-order valence-electron chi connectivity index (χ3n) is 4.49. The van der Waals surface area contributed by atoms with E-state index in [-0.39, 0.29) is 11.9 Å². The highest BCUT2D eigenvalue weighted by Gasteiger charge is 2.24. The number of hydrogen-bond acceptors (Lipinski definition) is 3. The lowest BCUT2D eigenvalue weighted by Crippen LogP contribution is -2.47. The van der Waals surface area contributed by atoms with Crippen LogP contribution in [0.4, 0.5) is 5.69 Å². The SMILES string of the molecule is CC1CC(NC(=O)c2c[nH]c3cc(N)ccc23)CCN1C. The lowest BCUT2D eigenvalue weighted by molar-refractivity contribution is 0.0898. The minimum atomic E-state index is -0.00669. The number of fused-ring (bicyclic) bond motifs is 1. The molecule has 0 spiro atoms. The predicted molar refractivity (Wildman–Crippen MR) is 85.3 cm³/mol. The maximum Gasteiger partial charge on any atom is 0.253 e. The maximum atomic E-state index is 12.5. The monoisotopic (exact) mass is 286 g/mol. The van der Waals surface area contributed by atoms with E-state index in [0.29, 0.717) is 17.3 Å². The lowest BCUT2D eigenvalue weighted by atomic mass is 9.98. The molecule has 2 heterocycles. The van der Waals surface area contributed by atoms with E-state index in [1.54, 1.807) is 6.20 Å². The summed E-state index contributed by atoms with van der Waals surface area (Å²) in [5, 5.41) is 4.08. The van der Waals surface area contributed by atoms with Crippen LogP contribution in [0.5, 0.6) is 0 Å². The highest BCUT2D eigenvalue weighted by atomic mass is 16.1. The van der Waals surface area contributed by atoms with Crippen LogP contribution in [0.15, 0.2) is 24.4 Å². The number of nitrogens with two attached hydrogens (primary N) is 1. The van der Waals surface area contributed by atoms with Crippen molar-refractivity contribution < 1.29 is 4.79 Å². The van der Waals surface area contributed by atoms with Crippen LogP contribution in [-0.4, -0.2) is 41.5 Å². The number of carbonyl (C=O) groups excluding carboxylic acids is 1. The number of nitrogen functional groups attached to an aromatic ring is 1. The smallest absolute Gasteiger partial charge is 0.253 e. The van der Waals surface area contributed by atoms with Gasteiger partial charge in [-0.3, -0.25) is 4.79 Å². The average molecular weight is 286 g/mol. The number of nitrogens with one attached hydrogen (secondary N) is 2. The summed E-state index contributed by atoms with van der Waals surface area (Å²) in [5.74, 6) is -0.00669. The Morgan fingerprint density at radius 1 is 1.48 bits per heavy atom. The summed E-state index contributed by atoms with van der Waals surface area (Å²) in [6, 6.07) is 6.33. The first kappa shape index (κ1) is 13.9. The zero-order valence-electron chi connectivity index (χ0n) is 12.5. The molecule has 2 atom stereocenters. The van der Waals surface area contributed by atoms with Crippen molar-refractivity contribution >= 4 is 22.5 Å². The van der Waals surface area contributed by atoms with Crippen LogP contribution < -0.4 is 11.1 Å². The van der Waals surface area contributed by atoms with Crippen molar-refractivity contribution in [2.75, 3.05) is 19.3 Å². The molecule has 1 aliphatic heterocycles. The van der Waals surface area contributed by atoms with Crippen molar-refractivity contribution in [2.45, 2.75) is 31.8 Å². The zero-order valence-corrected chi connectivity index (χ0v) is 12.5. The van der Waals surface area contributed by atoms with E-state index in [4.69, 9.17) is 5.73 Å². The molecule has 1 aromatic carbocycles. The van der Waals surface area contributed by atoms with Gasteiger partial charge in [0.2, 0.25) is 0 Å². The number of nitrogens with zero attached hydrogens (tertiary/aromatic N) is 1. The van der Waals surface area contributed by atoms with Gasteiger partial charge in [0.15, 0.2) is 0 Å². The van der Waals surface area contributed by atoms with Gasteiger partial charge in [-0.1, -0.05) is 0 Å². The van der Waals surface area contributed by atoms with Gasteiger partial charge in [-0.2, -0.15) is 0 Å². The van der Waals surface area contributed by atoms with Crippen molar-refractivity contribution in [3.05, 3.63) is 30.0 Å². The van der Waals surface area contributed by atoms with Crippen LogP contribution in [0.25, 0.3) is 10.9 Å². The molecular formula is C16H22N4O. The Morgan fingerprint density at radius 2 is 2.29 bits per heavy atom. The summed E-state index contributed by atoms with van der Waals surface area (Å²) in [5.41, 5.74) is 8.05. The number of aromatic nitrogens is 1. The Bertz CT molecular complexity index is 663. The van der Waals surface area contributed by atoms with E-state index < -0.39 is 0 Å². The van der Waals surface area contributed by atoms with Crippen molar-refractivity contribution in [1.29, 1.82) is 0 Å². The molecule has 21 heavy (non-hydrogen) atoms. The number of likely N-dealkylation sites (tertiary alicyclic amines) is 1. The molecule has 112 valence electrons. The minimum Gasteiger partial charge on any atom is -0.399 e. The van der Waals surface area contributed by atoms with Gasteiger partial charge in [-0.05, 0) is 45.0 Å². The fraction of sp³-hybridized carbons (Fsp3) is 0.438. The average Bonchev–Trinajstić information content (AvgIpc) is 2.85. The fourth-order valence-electron chi connectivity index (χ4n) is 3.02. The number of rotatable bonds is 2. The number of aromatic amines is 1. The number of amides is 1. The number of benzene rings is 1. The van der Waals surface area contributed by atoms with E-state index in [0.717, 1.165) is 30.3 Å². The summed E-state index contributed by atoms with van der Waals surface area (Å²) < 4.78 is 0. The second kappa shape index (κ2) is 5.41. The van der Waals surface area contributed by atoms with Gasteiger partial charge >= 0.3 is 0 Å². The quantitative estimate of drug-likeness (QED) is 0.739. The van der Waals surface area contributed by atoms with Crippen LogP contribution in [0.1, 0.15) is 30.1 Å². The number of anilines is 1. The third-order valence-corrected chi connectivity index (χ3v) is 4.49. The zero-order chi connectivity index (χ0) is 15.0. The molecule has 1 aliphatic rings. The van der Waals surface area contributed by atoms with Crippen LogP contribution in [0.2, 0.25) is 0 Å². The molecule has 0 bridgehead atoms. The van der Waals surface area contributed by atoms with Gasteiger partial charge < -0.3 is 20.9 Å². The van der Waals surface area contributed by atoms with Gasteiger partial charge in [0.05, 0.1) is 5.56 Å². The second-order valence-corrected chi connectivity index (χ2v) is 6.03. The molecular weight excluding hydrogens is 264 g/mol. The first-order valence-corrected chi connectivity index (χ1v) is 7.42. The Morgan fingerprint density at radius 3 is 3.05 bits per heavy atom. The Labute approximate surface area is 124 Å². The van der Waals surface area contributed by atoms with Crippen LogP contribution >= 0.6 is 0 Å². The van der Waals surface area contributed by atoms with E-state index >= 15 is 0 Å². The predicted octanol–water partition coefficient (Wildman–Crippen LogP) is 1.96. The molecule has 0 saturated carbocycles. The summed E-state index contributed by atoms with van der Waals surface area (Å²) in [6.07, 6.45) is 3.76. The Hall–Kier alpha value is -2.01. The summed E-state index contributed by atoms with van der Waals surface area (Å²) >= 11 is 0. The first-order chi connectivity index (χ1) is 10.0. The first-order valence-electron chi connectivity index (χ1n) is 7.42. The Balaban J connectivity index is 1.75. The van der Waals surface area contributed by atoms with Crippen LogP contribution in [0, 0.1) is 0 Å². The number of hydrogen-bond donors (Lipinski definition) is 3. The van der Waals surface area contributed by atoms with E-state index in [1.807, 2.05) is 18.2 Å². The minimum absolute atomic E-state index is 0.00669. The molecule has 1 fully saturated rings. The van der Waals surface area contributed by atoms with Gasteiger partial charge in [-0.25, -0.2) is 0 Å². The van der Waals surface area contributed by atoms with E-state index in [2.05, 4.69) is 29.2 Å². The molecule has 1 amide bonds. The molecule has 0 aliphatic carbocycles. The normalized spacial score (nSPS) is 23.3. The summed E-state index contributed by atoms with van der Waals surface area (Å²) in [6.45, 7) is 3.23. The molecule has 4 N–H and O–H groups in total. The number of piperidine rings is 1. The van der Waals surface area contributed by atoms with Crippen molar-refractivity contribution in [2.24, 2.45) is 0 Å². The third kappa shape index (κ3) is 2.74. The van der Waals surface area contributed by atoms with Crippen LogP contribution in [-0.2, 0) is 0 Å². The van der Waals surface area contributed by atoms with Gasteiger partial charge in [0, 0.05) is 41.4 Å². The highest BCUT2D eigenvalue weighted by Crippen LogP contribution is 2.22. The van der Waals surface area contributed by atoms with Crippen LogP contribution in [0.3, 0.4) is 0 Å². The summed E-state index contributed by atoms with van der Waals surface area (Å²) in [7, 11) is 2.13. The molecule has 5 heteroatoms.